The third-order valence-electron chi connectivity index (χ3n) is 5.30. The summed E-state index contributed by atoms with van der Waals surface area (Å²) >= 11 is 0. The second-order valence-corrected chi connectivity index (χ2v) is 9.54. The van der Waals surface area contributed by atoms with Gasteiger partial charge in [-0.1, -0.05) is 12.1 Å². The van der Waals surface area contributed by atoms with Gasteiger partial charge in [-0.2, -0.15) is 4.31 Å². The van der Waals surface area contributed by atoms with Crippen LogP contribution in [-0.4, -0.2) is 53.7 Å². The highest BCUT2D eigenvalue weighted by Gasteiger charge is 2.49. The highest BCUT2D eigenvalue weighted by atomic mass is 32.2. The zero-order valence-corrected chi connectivity index (χ0v) is 17.8. The molecule has 0 radical (unpaired) electrons. The first-order valence-electron chi connectivity index (χ1n) is 9.80. The van der Waals surface area contributed by atoms with E-state index in [-0.39, 0.29) is 23.7 Å². The molecule has 1 amide bonds. The highest BCUT2D eigenvalue weighted by Crippen LogP contribution is 2.32. The summed E-state index contributed by atoms with van der Waals surface area (Å²) in [7, 11) is -4.11. The second-order valence-electron chi connectivity index (χ2n) is 7.65. The van der Waals surface area contributed by atoms with E-state index in [2.05, 4.69) is 0 Å². The lowest BCUT2D eigenvalue weighted by Gasteiger charge is -2.42. The van der Waals surface area contributed by atoms with Crippen molar-refractivity contribution in [3.05, 3.63) is 59.9 Å². The fourth-order valence-corrected chi connectivity index (χ4v) is 5.40. The van der Waals surface area contributed by atoms with Crippen molar-refractivity contribution in [1.29, 1.82) is 0 Å². The molecule has 1 aliphatic heterocycles. The third-order valence-corrected chi connectivity index (χ3v) is 7.18. The van der Waals surface area contributed by atoms with Crippen LogP contribution in [0.25, 0.3) is 0 Å². The molecule has 1 aliphatic rings. The quantitative estimate of drug-likeness (QED) is 0.436. The summed E-state index contributed by atoms with van der Waals surface area (Å²) in [5.74, 6) is -0.847. The van der Waals surface area contributed by atoms with Crippen LogP contribution in [-0.2, 0) is 21.2 Å². The Morgan fingerprint density at radius 2 is 1.87 bits per heavy atom. The van der Waals surface area contributed by atoms with Crippen molar-refractivity contribution < 1.29 is 32.7 Å². The number of hydrogen-bond acceptors (Lipinski definition) is 6. The van der Waals surface area contributed by atoms with Gasteiger partial charge in [0.05, 0.1) is 17.1 Å². The lowest BCUT2D eigenvalue weighted by molar-refractivity contribution is -0.144. The molecule has 2 aromatic rings. The Hall–Kier alpha value is -2.53. The SMILES string of the molecule is C[C@]1(O)CCCN(S(=O)(=O)c2ccc(OCCc3ccc(F)cc3)cc2)[C@H]1C(=O)NO. The number of sulfonamides is 1. The van der Waals surface area contributed by atoms with Gasteiger partial charge in [0.1, 0.15) is 17.6 Å². The number of ether oxygens (including phenoxy) is 1. The maximum atomic E-state index is 13.1. The number of hydroxylamine groups is 1. The Morgan fingerprint density at radius 1 is 1.23 bits per heavy atom. The lowest BCUT2D eigenvalue weighted by Crippen LogP contribution is -2.62. The maximum absolute atomic E-state index is 13.1. The molecule has 2 aromatic carbocycles. The van der Waals surface area contributed by atoms with Crippen LogP contribution in [0.5, 0.6) is 5.75 Å². The number of hydrogen-bond donors (Lipinski definition) is 3. The summed E-state index contributed by atoms with van der Waals surface area (Å²) in [6.07, 6.45) is 1.14. The van der Waals surface area contributed by atoms with E-state index in [0.29, 0.717) is 25.2 Å². The molecule has 0 aromatic heterocycles. The van der Waals surface area contributed by atoms with E-state index in [9.17, 15) is 22.7 Å². The molecule has 0 spiro atoms. The first kappa shape index (κ1) is 23.1. The van der Waals surface area contributed by atoms with Crippen LogP contribution < -0.4 is 10.2 Å². The van der Waals surface area contributed by atoms with Gasteiger partial charge in [0, 0.05) is 13.0 Å². The fourth-order valence-electron chi connectivity index (χ4n) is 3.68. The summed E-state index contributed by atoms with van der Waals surface area (Å²) < 4.78 is 45.7. The monoisotopic (exact) mass is 452 g/mol. The number of halogens is 1. The van der Waals surface area contributed by atoms with Gasteiger partial charge in [-0.3, -0.25) is 10.0 Å². The molecule has 0 aliphatic carbocycles. The molecule has 0 saturated carbocycles. The molecule has 168 valence electrons. The molecule has 3 rings (SSSR count). The van der Waals surface area contributed by atoms with Gasteiger partial charge in [-0.25, -0.2) is 18.3 Å². The molecule has 1 saturated heterocycles. The van der Waals surface area contributed by atoms with Crippen LogP contribution in [0.2, 0.25) is 0 Å². The topological polar surface area (TPSA) is 116 Å². The molecular formula is C21H25FN2O6S. The van der Waals surface area contributed by atoms with Gasteiger partial charge in [-0.05, 0) is 61.7 Å². The van der Waals surface area contributed by atoms with Gasteiger partial charge >= 0.3 is 0 Å². The lowest BCUT2D eigenvalue weighted by atomic mass is 9.87. The van der Waals surface area contributed by atoms with Gasteiger partial charge in [0.2, 0.25) is 10.0 Å². The smallest absolute Gasteiger partial charge is 0.264 e. The summed E-state index contributed by atoms with van der Waals surface area (Å²) in [5, 5.41) is 19.6. The Labute approximate surface area is 180 Å². The number of aliphatic hydroxyl groups is 1. The Kier molecular flexibility index (Phi) is 6.95. The van der Waals surface area contributed by atoms with Gasteiger partial charge in [-0.15, -0.1) is 0 Å². The van der Waals surface area contributed by atoms with Gasteiger partial charge in [0.15, 0.2) is 0 Å². The van der Waals surface area contributed by atoms with E-state index in [1.807, 2.05) is 0 Å². The molecule has 8 nitrogen and oxygen atoms in total. The minimum absolute atomic E-state index is 0.0342. The average molecular weight is 453 g/mol. The normalized spacial score (nSPS) is 22.1. The predicted molar refractivity (Wildman–Crippen MR) is 110 cm³/mol. The van der Waals surface area contributed by atoms with E-state index < -0.39 is 27.6 Å². The summed E-state index contributed by atoms with van der Waals surface area (Å²) in [4.78, 5) is 12.0. The van der Waals surface area contributed by atoms with Crippen molar-refractivity contribution in [2.45, 2.75) is 42.7 Å². The molecule has 1 heterocycles. The summed E-state index contributed by atoms with van der Waals surface area (Å²) in [5.41, 5.74) is 0.732. The minimum Gasteiger partial charge on any atom is -0.493 e. The van der Waals surface area contributed by atoms with Crippen LogP contribution >= 0.6 is 0 Å². The summed E-state index contributed by atoms with van der Waals surface area (Å²) in [6, 6.07) is 10.3. The number of carbonyl (C=O) groups excluding carboxylic acids is 1. The van der Waals surface area contributed by atoms with Crippen molar-refractivity contribution in [1.82, 2.24) is 9.79 Å². The average Bonchev–Trinajstić information content (AvgIpc) is 2.74. The van der Waals surface area contributed by atoms with Gasteiger partial charge < -0.3 is 9.84 Å². The van der Waals surface area contributed by atoms with Crippen LogP contribution in [0.1, 0.15) is 25.3 Å². The molecule has 1 fully saturated rings. The van der Waals surface area contributed by atoms with E-state index >= 15 is 0 Å². The first-order chi connectivity index (χ1) is 14.6. The number of piperidine rings is 1. The highest BCUT2D eigenvalue weighted by molar-refractivity contribution is 7.89. The number of carbonyl (C=O) groups is 1. The van der Waals surface area contributed by atoms with Crippen molar-refractivity contribution >= 4 is 15.9 Å². The van der Waals surface area contributed by atoms with Crippen LogP contribution in [0, 0.1) is 5.82 Å². The van der Waals surface area contributed by atoms with Crippen LogP contribution in [0.15, 0.2) is 53.4 Å². The molecule has 0 bridgehead atoms. The number of amides is 1. The molecular weight excluding hydrogens is 427 g/mol. The molecule has 0 unspecified atom stereocenters. The number of rotatable bonds is 7. The van der Waals surface area contributed by atoms with Crippen molar-refractivity contribution in [3.8, 4) is 5.75 Å². The Balaban J connectivity index is 1.71. The van der Waals surface area contributed by atoms with Crippen molar-refractivity contribution in [3.63, 3.8) is 0 Å². The first-order valence-corrected chi connectivity index (χ1v) is 11.2. The number of benzene rings is 2. The Morgan fingerprint density at radius 3 is 2.48 bits per heavy atom. The van der Waals surface area contributed by atoms with Crippen molar-refractivity contribution in [2.75, 3.05) is 13.2 Å². The van der Waals surface area contributed by atoms with E-state index in [0.717, 1.165) is 9.87 Å². The zero-order chi connectivity index (χ0) is 22.6. The van der Waals surface area contributed by atoms with E-state index in [1.165, 1.54) is 48.8 Å². The standard InChI is InChI=1S/C21H25FN2O6S/c1-21(26)12-2-13-24(19(21)20(25)23-27)31(28,29)18-9-7-17(8-10-18)30-14-11-15-3-5-16(22)6-4-15/h3-10,19,26-27H,2,11-14H2,1H3,(H,23,25)/t19-,21-/m0/s1. The van der Waals surface area contributed by atoms with Gasteiger partial charge in [0.25, 0.3) is 5.91 Å². The minimum atomic E-state index is -4.11. The van der Waals surface area contributed by atoms with Crippen LogP contribution in [0.3, 0.4) is 0 Å². The van der Waals surface area contributed by atoms with Crippen molar-refractivity contribution in [2.24, 2.45) is 0 Å². The largest absolute Gasteiger partial charge is 0.493 e. The predicted octanol–water partition coefficient (Wildman–Crippen LogP) is 1.86. The fraction of sp³-hybridized carbons (Fsp3) is 0.381. The summed E-state index contributed by atoms with van der Waals surface area (Å²) in [6.45, 7) is 1.73. The molecule has 10 heteroatoms. The zero-order valence-electron chi connectivity index (χ0n) is 17.0. The van der Waals surface area contributed by atoms with Crippen LogP contribution in [0.4, 0.5) is 4.39 Å². The molecule has 2 atom stereocenters. The number of nitrogens with zero attached hydrogens (tertiary/aromatic N) is 1. The van der Waals surface area contributed by atoms with E-state index in [4.69, 9.17) is 9.94 Å². The molecule has 3 N–H and O–H groups in total. The third kappa shape index (κ3) is 5.21. The number of nitrogens with one attached hydrogen (secondary N) is 1. The Bertz CT molecular complexity index is 1010. The van der Waals surface area contributed by atoms with E-state index in [1.54, 1.807) is 12.1 Å². The molecule has 31 heavy (non-hydrogen) atoms. The second kappa shape index (κ2) is 9.31. The maximum Gasteiger partial charge on any atom is 0.264 e.